The van der Waals surface area contributed by atoms with Crippen LogP contribution in [0.5, 0.6) is 0 Å². The highest BCUT2D eigenvalue weighted by Crippen LogP contribution is 2.30. The maximum Gasteiger partial charge on any atom is 0.215 e. The van der Waals surface area contributed by atoms with Crippen molar-refractivity contribution in [2.45, 2.75) is 13.0 Å². The second-order valence-electron chi connectivity index (χ2n) is 5.10. The normalized spacial score (nSPS) is 13.9. The van der Waals surface area contributed by atoms with Crippen LogP contribution in [0.4, 0.5) is 11.4 Å². The molecule has 4 rings (SSSR count). The molecule has 100 valence electrons. The number of benzene rings is 2. The predicted molar refractivity (Wildman–Crippen MR) is 79.6 cm³/mol. The van der Waals surface area contributed by atoms with Crippen LogP contribution in [0.15, 0.2) is 46.9 Å². The molecule has 3 aromatic rings. The van der Waals surface area contributed by atoms with Crippen molar-refractivity contribution in [3.8, 4) is 0 Å². The van der Waals surface area contributed by atoms with Gasteiger partial charge in [0.15, 0.2) is 5.58 Å². The molecule has 0 saturated heterocycles. The summed E-state index contributed by atoms with van der Waals surface area (Å²) in [6.07, 6.45) is 1.08. The zero-order valence-corrected chi connectivity index (χ0v) is 11.0. The maximum atomic E-state index is 5.91. The third-order valence-electron chi connectivity index (χ3n) is 3.80. The topological polar surface area (TPSA) is 55.3 Å². The van der Waals surface area contributed by atoms with Gasteiger partial charge in [-0.1, -0.05) is 24.3 Å². The fraction of sp³-hybridized carbons (Fsp3) is 0.188. The highest BCUT2D eigenvalue weighted by Gasteiger charge is 2.20. The first-order chi connectivity index (χ1) is 9.81. The van der Waals surface area contributed by atoms with Crippen molar-refractivity contribution in [2.24, 2.45) is 0 Å². The Balaban J connectivity index is 1.67. The number of nitrogens with zero attached hydrogens (tertiary/aromatic N) is 2. The molecule has 0 radical (unpaired) electrons. The van der Waals surface area contributed by atoms with E-state index in [0.29, 0.717) is 17.8 Å². The molecule has 0 unspecified atom stereocenters. The minimum atomic E-state index is 0.642. The van der Waals surface area contributed by atoms with Gasteiger partial charge in [-0.2, -0.15) is 0 Å². The molecule has 1 aliphatic rings. The first-order valence-corrected chi connectivity index (χ1v) is 6.78. The second kappa shape index (κ2) is 4.27. The minimum Gasteiger partial charge on any atom is -0.437 e. The Morgan fingerprint density at radius 3 is 2.95 bits per heavy atom. The Morgan fingerprint density at radius 1 is 1.15 bits per heavy atom. The van der Waals surface area contributed by atoms with Crippen LogP contribution in [-0.2, 0) is 13.0 Å². The fourth-order valence-electron chi connectivity index (χ4n) is 2.82. The largest absolute Gasteiger partial charge is 0.437 e. The van der Waals surface area contributed by atoms with E-state index in [1.54, 1.807) is 0 Å². The summed E-state index contributed by atoms with van der Waals surface area (Å²) in [4.78, 5) is 6.82. The lowest BCUT2D eigenvalue weighted by Gasteiger charge is -2.16. The number of rotatable bonds is 2. The van der Waals surface area contributed by atoms with Gasteiger partial charge >= 0.3 is 0 Å². The van der Waals surface area contributed by atoms with Gasteiger partial charge in [-0.15, -0.1) is 0 Å². The summed E-state index contributed by atoms with van der Waals surface area (Å²) >= 11 is 0. The monoisotopic (exact) mass is 265 g/mol. The molecule has 4 nitrogen and oxygen atoms in total. The van der Waals surface area contributed by atoms with Crippen LogP contribution in [-0.4, -0.2) is 11.5 Å². The predicted octanol–water partition coefficient (Wildman–Crippen LogP) is 2.97. The number of nitrogens with two attached hydrogens (primary N) is 1. The molecule has 2 heterocycles. The van der Waals surface area contributed by atoms with E-state index in [4.69, 9.17) is 10.2 Å². The van der Waals surface area contributed by atoms with E-state index in [0.717, 1.165) is 24.4 Å². The van der Waals surface area contributed by atoms with Crippen molar-refractivity contribution in [3.05, 3.63) is 53.9 Å². The van der Waals surface area contributed by atoms with Gasteiger partial charge in [0.2, 0.25) is 5.89 Å². The molecule has 0 aliphatic carbocycles. The molecule has 0 bridgehead atoms. The Hall–Kier alpha value is -2.49. The van der Waals surface area contributed by atoms with Gasteiger partial charge in [0.25, 0.3) is 0 Å². The maximum absolute atomic E-state index is 5.91. The summed E-state index contributed by atoms with van der Waals surface area (Å²) in [5.41, 5.74) is 10.7. The van der Waals surface area contributed by atoms with Gasteiger partial charge in [-0.25, -0.2) is 4.98 Å². The molecule has 1 aliphatic heterocycles. The van der Waals surface area contributed by atoms with Crippen LogP contribution in [0, 0.1) is 0 Å². The molecular weight excluding hydrogens is 250 g/mol. The molecule has 0 saturated carbocycles. The number of aromatic nitrogens is 1. The van der Waals surface area contributed by atoms with E-state index in [2.05, 4.69) is 34.1 Å². The quantitative estimate of drug-likeness (QED) is 0.724. The SMILES string of the molecule is Nc1cccc2nc(CN3CCc4ccccc43)oc12. The lowest BCUT2D eigenvalue weighted by Crippen LogP contribution is -2.19. The standard InChI is InChI=1S/C16H15N3O/c17-12-5-3-6-13-16(12)20-15(18-13)10-19-9-8-11-4-1-2-7-14(11)19/h1-7H,8-10,17H2. The first-order valence-electron chi connectivity index (χ1n) is 6.78. The first kappa shape index (κ1) is 11.3. The van der Waals surface area contributed by atoms with Gasteiger partial charge in [0.1, 0.15) is 5.52 Å². The summed E-state index contributed by atoms with van der Waals surface area (Å²) < 4.78 is 5.80. The number of fused-ring (bicyclic) bond motifs is 2. The summed E-state index contributed by atoms with van der Waals surface area (Å²) in [6.45, 7) is 1.69. The summed E-state index contributed by atoms with van der Waals surface area (Å²) in [7, 11) is 0. The van der Waals surface area contributed by atoms with Crippen molar-refractivity contribution in [1.82, 2.24) is 4.98 Å². The molecule has 0 amide bonds. The van der Waals surface area contributed by atoms with Crippen LogP contribution in [0.25, 0.3) is 11.1 Å². The molecule has 1 aromatic heterocycles. The van der Waals surface area contributed by atoms with Crippen molar-refractivity contribution in [3.63, 3.8) is 0 Å². The number of hydrogen-bond donors (Lipinski definition) is 1. The fourth-order valence-corrected chi connectivity index (χ4v) is 2.82. The zero-order chi connectivity index (χ0) is 13.5. The van der Waals surface area contributed by atoms with Crippen molar-refractivity contribution < 1.29 is 4.42 Å². The molecule has 2 aromatic carbocycles. The Labute approximate surface area is 116 Å². The highest BCUT2D eigenvalue weighted by atomic mass is 16.3. The second-order valence-corrected chi connectivity index (χ2v) is 5.10. The van der Waals surface area contributed by atoms with Crippen LogP contribution >= 0.6 is 0 Å². The molecule has 20 heavy (non-hydrogen) atoms. The van der Waals surface area contributed by atoms with Crippen LogP contribution < -0.4 is 10.6 Å². The van der Waals surface area contributed by atoms with Gasteiger partial charge in [-0.3, -0.25) is 0 Å². The van der Waals surface area contributed by atoms with Crippen LogP contribution in [0.1, 0.15) is 11.5 Å². The van der Waals surface area contributed by atoms with E-state index < -0.39 is 0 Å². The lowest BCUT2D eigenvalue weighted by molar-refractivity contribution is 0.523. The Bertz CT molecular complexity index is 778. The van der Waals surface area contributed by atoms with Crippen molar-refractivity contribution in [2.75, 3.05) is 17.2 Å². The zero-order valence-electron chi connectivity index (χ0n) is 11.0. The number of hydrogen-bond acceptors (Lipinski definition) is 4. The Morgan fingerprint density at radius 2 is 2.05 bits per heavy atom. The summed E-state index contributed by atoms with van der Waals surface area (Å²) in [5, 5.41) is 0. The van der Waals surface area contributed by atoms with E-state index in [1.165, 1.54) is 11.3 Å². The van der Waals surface area contributed by atoms with Crippen LogP contribution in [0.3, 0.4) is 0 Å². The average molecular weight is 265 g/mol. The van der Waals surface area contributed by atoms with Gasteiger partial charge in [0, 0.05) is 12.2 Å². The smallest absolute Gasteiger partial charge is 0.215 e. The molecule has 0 spiro atoms. The van der Waals surface area contributed by atoms with E-state index >= 15 is 0 Å². The third kappa shape index (κ3) is 1.72. The summed E-state index contributed by atoms with van der Waals surface area (Å²) in [6, 6.07) is 14.1. The molecule has 2 N–H and O–H groups in total. The molecular formula is C16H15N3O. The van der Waals surface area contributed by atoms with E-state index in [9.17, 15) is 0 Å². The lowest BCUT2D eigenvalue weighted by atomic mass is 10.2. The van der Waals surface area contributed by atoms with Gasteiger partial charge in [-0.05, 0) is 30.2 Å². The average Bonchev–Trinajstić information content (AvgIpc) is 3.05. The number of oxazole rings is 1. The van der Waals surface area contributed by atoms with Gasteiger partial charge in [0.05, 0.1) is 12.2 Å². The minimum absolute atomic E-state index is 0.642. The Kier molecular flexibility index (Phi) is 2.42. The summed E-state index contributed by atoms with van der Waals surface area (Å²) in [5.74, 6) is 0.717. The third-order valence-corrected chi connectivity index (χ3v) is 3.80. The van der Waals surface area contributed by atoms with Crippen molar-refractivity contribution >= 4 is 22.5 Å². The van der Waals surface area contributed by atoms with Crippen molar-refractivity contribution in [1.29, 1.82) is 0 Å². The number of para-hydroxylation sites is 2. The van der Waals surface area contributed by atoms with E-state index in [-0.39, 0.29) is 0 Å². The van der Waals surface area contributed by atoms with Crippen LogP contribution in [0.2, 0.25) is 0 Å². The number of nitrogen functional groups attached to an aromatic ring is 1. The van der Waals surface area contributed by atoms with E-state index in [1.807, 2.05) is 18.2 Å². The number of anilines is 2. The van der Waals surface area contributed by atoms with Gasteiger partial charge < -0.3 is 15.1 Å². The molecule has 0 fully saturated rings. The highest BCUT2D eigenvalue weighted by molar-refractivity contribution is 5.84. The molecule has 0 atom stereocenters. The molecule has 4 heteroatoms.